The molecule has 1 N–H and O–H groups in total. The maximum absolute atomic E-state index is 14.0. The summed E-state index contributed by atoms with van der Waals surface area (Å²) in [4.78, 5) is 10.6. The summed E-state index contributed by atoms with van der Waals surface area (Å²) in [5.74, 6) is -0.0362. The van der Waals surface area contributed by atoms with Gasteiger partial charge in [0.2, 0.25) is 0 Å². The molecule has 2 aliphatic carbocycles. The molecular weight excluding hydrogens is 357 g/mol. The Balaban J connectivity index is 1.85. The minimum Gasteiger partial charge on any atom is -0.449 e. The van der Waals surface area contributed by atoms with Crippen LogP contribution in [0.5, 0.6) is 5.75 Å². The topological polar surface area (TPSA) is 46.5 Å². The first-order valence-corrected chi connectivity index (χ1v) is 8.19. The zero-order valence-electron chi connectivity index (χ0n) is 13.9. The fraction of sp³-hybridized carbons (Fsp3) is 0.0952. The molecule has 3 nitrogen and oxygen atoms in total. The summed E-state index contributed by atoms with van der Waals surface area (Å²) in [6.45, 7) is 0. The normalized spacial score (nSPS) is 17.0. The maximum Gasteiger partial charge on any atom is 0.511 e. The number of allylic oxidation sites excluding steroid dienone is 6. The van der Waals surface area contributed by atoms with Crippen molar-refractivity contribution in [1.29, 1.82) is 0 Å². The number of hydrogen-bond donors (Lipinski definition) is 1. The molecule has 0 radical (unpaired) electrons. The average molecular weight is 370 g/mol. The van der Waals surface area contributed by atoms with Crippen LogP contribution >= 0.6 is 0 Å². The third kappa shape index (κ3) is 2.93. The molecule has 27 heavy (non-hydrogen) atoms. The van der Waals surface area contributed by atoms with E-state index >= 15 is 0 Å². The second kappa shape index (κ2) is 6.16. The van der Waals surface area contributed by atoms with Crippen LogP contribution in [0.1, 0.15) is 23.1 Å². The Hall–Kier alpha value is -3.28. The number of alkyl halides is 3. The molecule has 0 unspecified atom stereocenters. The standard InChI is InChI=1S/C21H13F3O3/c22-21(23,24)19(12-8-10-13(11-9-12)27-20(25)26)17-7-3-6-16-14-4-1-2-5-15(14)18(16)17/h1-5,7-11H,6H2,(H,25,26). The first kappa shape index (κ1) is 17.1. The lowest BCUT2D eigenvalue weighted by Crippen LogP contribution is -2.18. The number of benzene rings is 2. The molecule has 0 saturated carbocycles. The zero-order valence-corrected chi connectivity index (χ0v) is 13.9. The molecule has 0 bridgehead atoms. The molecule has 6 heteroatoms. The molecule has 0 aliphatic heterocycles. The molecule has 0 aromatic heterocycles. The second-order valence-electron chi connectivity index (χ2n) is 6.18. The van der Waals surface area contributed by atoms with Crippen molar-refractivity contribution in [2.45, 2.75) is 12.6 Å². The Morgan fingerprint density at radius 1 is 1.00 bits per heavy atom. The number of carboxylic acid groups (broad SMARTS) is 1. The first-order chi connectivity index (χ1) is 12.9. The van der Waals surface area contributed by atoms with Crippen LogP contribution < -0.4 is 4.74 Å². The van der Waals surface area contributed by atoms with Gasteiger partial charge in [0, 0.05) is 0 Å². The minimum atomic E-state index is -4.57. The maximum atomic E-state index is 14.0. The highest BCUT2D eigenvalue weighted by atomic mass is 19.4. The lowest BCUT2D eigenvalue weighted by atomic mass is 9.71. The Kier molecular flexibility index (Phi) is 3.91. The molecular formula is C21H13F3O3. The van der Waals surface area contributed by atoms with Crippen LogP contribution in [0.15, 0.2) is 66.3 Å². The van der Waals surface area contributed by atoms with Crippen LogP contribution in [-0.2, 0) is 0 Å². The van der Waals surface area contributed by atoms with Crippen molar-refractivity contribution < 1.29 is 27.8 Å². The summed E-state index contributed by atoms with van der Waals surface area (Å²) in [6, 6.07) is 12.3. The van der Waals surface area contributed by atoms with Crippen LogP contribution in [-0.4, -0.2) is 17.4 Å². The number of halogens is 3. The Morgan fingerprint density at radius 3 is 2.30 bits per heavy atom. The van der Waals surface area contributed by atoms with Gasteiger partial charge in [-0.25, -0.2) is 4.79 Å². The van der Waals surface area contributed by atoms with Crippen molar-refractivity contribution in [3.05, 3.63) is 82.9 Å². The highest BCUT2D eigenvalue weighted by Crippen LogP contribution is 2.52. The Morgan fingerprint density at radius 2 is 1.67 bits per heavy atom. The predicted octanol–water partition coefficient (Wildman–Crippen LogP) is 5.94. The van der Waals surface area contributed by atoms with Crippen molar-refractivity contribution in [2.24, 2.45) is 0 Å². The van der Waals surface area contributed by atoms with Gasteiger partial charge in [0.1, 0.15) is 5.75 Å². The molecule has 2 aromatic rings. The van der Waals surface area contributed by atoms with Gasteiger partial charge in [0.15, 0.2) is 0 Å². The SMILES string of the molecule is O=C(O)Oc1ccc(C(=C2C=CCC3=C2c2ccccc23)C(F)(F)F)cc1. The van der Waals surface area contributed by atoms with Crippen LogP contribution in [0.3, 0.4) is 0 Å². The fourth-order valence-corrected chi connectivity index (χ4v) is 3.57. The average Bonchev–Trinajstić information content (AvgIpc) is 2.59. The number of carbonyl (C=O) groups is 1. The van der Waals surface area contributed by atoms with Gasteiger partial charge < -0.3 is 9.84 Å². The van der Waals surface area contributed by atoms with E-state index in [1.165, 1.54) is 30.3 Å². The van der Waals surface area contributed by atoms with Crippen molar-refractivity contribution in [2.75, 3.05) is 0 Å². The number of ether oxygens (including phenoxy) is 1. The van der Waals surface area contributed by atoms with Crippen LogP contribution in [0.25, 0.3) is 16.7 Å². The zero-order chi connectivity index (χ0) is 19.2. The molecule has 4 rings (SSSR count). The van der Waals surface area contributed by atoms with E-state index in [0.29, 0.717) is 12.0 Å². The van der Waals surface area contributed by atoms with E-state index in [1.807, 2.05) is 24.3 Å². The summed E-state index contributed by atoms with van der Waals surface area (Å²) in [5.41, 5.74) is 2.69. The van der Waals surface area contributed by atoms with Crippen molar-refractivity contribution in [3.8, 4) is 5.75 Å². The molecule has 0 amide bonds. The van der Waals surface area contributed by atoms with Gasteiger partial charge in [0.25, 0.3) is 0 Å². The highest BCUT2D eigenvalue weighted by Gasteiger charge is 2.40. The molecule has 2 aromatic carbocycles. The first-order valence-electron chi connectivity index (χ1n) is 8.19. The summed E-state index contributed by atoms with van der Waals surface area (Å²) >= 11 is 0. The lowest BCUT2D eigenvalue weighted by Gasteiger charge is -2.32. The third-order valence-electron chi connectivity index (χ3n) is 4.60. The van der Waals surface area contributed by atoms with Gasteiger partial charge in [-0.15, -0.1) is 0 Å². The number of hydrogen-bond acceptors (Lipinski definition) is 2. The molecule has 0 atom stereocenters. The second-order valence-corrected chi connectivity index (χ2v) is 6.18. The van der Waals surface area contributed by atoms with Crippen molar-refractivity contribution in [1.82, 2.24) is 0 Å². The summed E-state index contributed by atoms with van der Waals surface area (Å²) in [6.07, 6.45) is -2.24. The van der Waals surface area contributed by atoms with E-state index in [1.54, 1.807) is 6.08 Å². The summed E-state index contributed by atoms with van der Waals surface area (Å²) in [5, 5.41) is 8.62. The molecule has 0 spiro atoms. The van der Waals surface area contributed by atoms with E-state index in [9.17, 15) is 18.0 Å². The molecule has 0 heterocycles. The molecule has 0 fully saturated rings. The van der Waals surface area contributed by atoms with Gasteiger partial charge >= 0.3 is 12.3 Å². The predicted molar refractivity (Wildman–Crippen MR) is 95.1 cm³/mol. The lowest BCUT2D eigenvalue weighted by molar-refractivity contribution is -0.0691. The van der Waals surface area contributed by atoms with Gasteiger partial charge in [-0.1, -0.05) is 48.6 Å². The molecule has 136 valence electrons. The van der Waals surface area contributed by atoms with Gasteiger partial charge in [-0.3, -0.25) is 0 Å². The van der Waals surface area contributed by atoms with Gasteiger partial charge in [0.05, 0.1) is 5.57 Å². The number of fused-ring (bicyclic) bond motifs is 3. The van der Waals surface area contributed by atoms with Crippen LogP contribution in [0.2, 0.25) is 0 Å². The minimum absolute atomic E-state index is 0.0362. The monoisotopic (exact) mass is 370 g/mol. The summed E-state index contributed by atoms with van der Waals surface area (Å²) in [7, 11) is 0. The van der Waals surface area contributed by atoms with Crippen molar-refractivity contribution >= 4 is 22.9 Å². The van der Waals surface area contributed by atoms with E-state index in [2.05, 4.69) is 4.74 Å². The van der Waals surface area contributed by atoms with E-state index in [0.717, 1.165) is 16.7 Å². The quantitative estimate of drug-likeness (QED) is 0.525. The van der Waals surface area contributed by atoms with Crippen molar-refractivity contribution in [3.63, 3.8) is 0 Å². The van der Waals surface area contributed by atoms with E-state index in [-0.39, 0.29) is 16.9 Å². The Labute approximate surface area is 152 Å². The van der Waals surface area contributed by atoms with Crippen LogP contribution in [0.4, 0.5) is 18.0 Å². The Bertz CT molecular complexity index is 1030. The van der Waals surface area contributed by atoms with E-state index in [4.69, 9.17) is 5.11 Å². The fourth-order valence-electron chi connectivity index (χ4n) is 3.57. The van der Waals surface area contributed by atoms with Gasteiger partial charge in [-0.05, 0) is 52.0 Å². The highest BCUT2D eigenvalue weighted by molar-refractivity contribution is 6.15. The number of rotatable bonds is 2. The van der Waals surface area contributed by atoms with Gasteiger partial charge in [-0.2, -0.15) is 13.2 Å². The molecule has 0 saturated heterocycles. The summed E-state index contributed by atoms with van der Waals surface area (Å²) < 4.78 is 46.4. The van der Waals surface area contributed by atoms with E-state index < -0.39 is 17.9 Å². The largest absolute Gasteiger partial charge is 0.511 e. The smallest absolute Gasteiger partial charge is 0.449 e. The third-order valence-corrected chi connectivity index (χ3v) is 4.60. The van der Waals surface area contributed by atoms with Crippen LogP contribution in [0, 0.1) is 0 Å². The molecule has 2 aliphatic rings.